The van der Waals surface area contributed by atoms with Gasteiger partial charge in [-0.1, -0.05) is 12.1 Å². The van der Waals surface area contributed by atoms with Gasteiger partial charge < -0.3 is 9.88 Å². The molecule has 0 radical (unpaired) electrons. The lowest BCUT2D eigenvalue weighted by molar-refractivity contribution is -0.117. The minimum Gasteiger partial charge on any atom is -0.344 e. The van der Waals surface area contributed by atoms with Crippen LogP contribution < -0.4 is 5.32 Å². The summed E-state index contributed by atoms with van der Waals surface area (Å²) in [5, 5.41) is 2.78. The van der Waals surface area contributed by atoms with Gasteiger partial charge in [-0.3, -0.25) is 19.4 Å². The van der Waals surface area contributed by atoms with E-state index in [2.05, 4.69) is 14.8 Å². The molecule has 6 nitrogen and oxygen atoms in total. The molecular formula is C27H30F2N4O2. The van der Waals surface area contributed by atoms with Gasteiger partial charge in [0.15, 0.2) is 5.78 Å². The second kappa shape index (κ2) is 10.9. The predicted octanol–water partition coefficient (Wildman–Crippen LogP) is 3.87. The third kappa shape index (κ3) is 6.41. The molecule has 184 valence electrons. The molecule has 1 aliphatic heterocycles. The number of nitrogens with one attached hydrogen (secondary N) is 1. The fourth-order valence-electron chi connectivity index (χ4n) is 4.43. The summed E-state index contributed by atoms with van der Waals surface area (Å²) in [5.41, 5.74) is 4.16. The standard InChI is InChI=1S/C27H30F2N4O2/c1-19-15-25(20(2)33(19)16-21-3-5-22(28)6-4-21)26(34)17-31-11-13-32(14-12-31)18-27(35)30-24-9-7-23(29)8-10-24/h3-10,15H,11-14,16-18H2,1-2H3,(H,30,35). The number of aromatic nitrogens is 1. The highest BCUT2D eigenvalue weighted by atomic mass is 19.1. The molecular weight excluding hydrogens is 450 g/mol. The Labute approximate surface area is 204 Å². The van der Waals surface area contributed by atoms with E-state index >= 15 is 0 Å². The normalized spacial score (nSPS) is 14.7. The maximum Gasteiger partial charge on any atom is 0.238 e. The van der Waals surface area contributed by atoms with Gasteiger partial charge in [-0.2, -0.15) is 0 Å². The zero-order chi connectivity index (χ0) is 24.9. The molecule has 2 heterocycles. The Morgan fingerprint density at radius 1 is 0.829 bits per heavy atom. The van der Waals surface area contributed by atoms with Crippen LogP contribution in [0.3, 0.4) is 0 Å². The molecule has 0 spiro atoms. The highest BCUT2D eigenvalue weighted by Gasteiger charge is 2.23. The Balaban J connectivity index is 1.27. The van der Waals surface area contributed by atoms with Gasteiger partial charge in [0.2, 0.25) is 5.91 Å². The van der Waals surface area contributed by atoms with Crippen molar-refractivity contribution >= 4 is 17.4 Å². The highest BCUT2D eigenvalue weighted by molar-refractivity contribution is 5.99. The summed E-state index contributed by atoms with van der Waals surface area (Å²) in [6, 6.07) is 14.0. The van der Waals surface area contributed by atoms with Crippen molar-refractivity contribution in [2.45, 2.75) is 20.4 Å². The number of aryl methyl sites for hydroxylation is 1. The Bertz CT molecular complexity index is 1180. The maximum atomic E-state index is 13.2. The van der Waals surface area contributed by atoms with Gasteiger partial charge in [-0.25, -0.2) is 8.78 Å². The second-order valence-electron chi connectivity index (χ2n) is 9.03. The van der Waals surface area contributed by atoms with E-state index in [1.165, 1.54) is 36.4 Å². The number of hydrogen-bond acceptors (Lipinski definition) is 4. The molecule has 1 aliphatic rings. The number of carbonyl (C=O) groups is 2. The van der Waals surface area contributed by atoms with Crippen molar-refractivity contribution in [2.75, 3.05) is 44.6 Å². The minimum atomic E-state index is -0.344. The topological polar surface area (TPSA) is 57.6 Å². The lowest BCUT2D eigenvalue weighted by atomic mass is 10.1. The number of nitrogens with zero attached hydrogens (tertiary/aromatic N) is 3. The van der Waals surface area contributed by atoms with Crippen LogP contribution in [-0.2, 0) is 11.3 Å². The largest absolute Gasteiger partial charge is 0.344 e. The van der Waals surface area contributed by atoms with E-state index in [0.717, 1.165) is 17.0 Å². The Kier molecular flexibility index (Phi) is 7.73. The second-order valence-corrected chi connectivity index (χ2v) is 9.03. The summed E-state index contributed by atoms with van der Waals surface area (Å²) in [7, 11) is 0. The van der Waals surface area contributed by atoms with Gasteiger partial charge in [0, 0.05) is 55.4 Å². The van der Waals surface area contributed by atoms with Crippen LogP contribution in [0.2, 0.25) is 0 Å². The van der Waals surface area contributed by atoms with Crippen LogP contribution in [0, 0.1) is 25.5 Å². The number of carbonyl (C=O) groups excluding carboxylic acids is 2. The molecule has 1 N–H and O–H groups in total. The average Bonchev–Trinajstić information content (AvgIpc) is 3.11. The minimum absolute atomic E-state index is 0.0750. The number of anilines is 1. The molecule has 1 saturated heterocycles. The third-order valence-corrected chi connectivity index (χ3v) is 6.46. The molecule has 2 aromatic carbocycles. The predicted molar refractivity (Wildman–Crippen MR) is 132 cm³/mol. The quantitative estimate of drug-likeness (QED) is 0.498. The number of hydrogen-bond donors (Lipinski definition) is 1. The van der Waals surface area contributed by atoms with E-state index in [9.17, 15) is 18.4 Å². The molecule has 1 fully saturated rings. The van der Waals surface area contributed by atoms with E-state index in [4.69, 9.17) is 0 Å². The number of halogens is 2. The first-order chi connectivity index (χ1) is 16.8. The van der Waals surface area contributed by atoms with Gasteiger partial charge in [-0.15, -0.1) is 0 Å². The number of benzene rings is 2. The first kappa shape index (κ1) is 24.8. The molecule has 0 atom stereocenters. The maximum absolute atomic E-state index is 13.2. The summed E-state index contributed by atoms with van der Waals surface area (Å²) < 4.78 is 28.3. The summed E-state index contributed by atoms with van der Waals surface area (Å²) >= 11 is 0. The van der Waals surface area contributed by atoms with Crippen molar-refractivity contribution in [2.24, 2.45) is 0 Å². The lowest BCUT2D eigenvalue weighted by Crippen LogP contribution is -2.49. The molecule has 35 heavy (non-hydrogen) atoms. The number of ketones is 1. The molecule has 8 heteroatoms. The fraction of sp³-hybridized carbons (Fsp3) is 0.333. The van der Waals surface area contributed by atoms with Gasteiger partial charge in [0.1, 0.15) is 11.6 Å². The summed E-state index contributed by atoms with van der Waals surface area (Å²) in [6.45, 7) is 7.86. The van der Waals surface area contributed by atoms with Crippen molar-refractivity contribution in [3.63, 3.8) is 0 Å². The van der Waals surface area contributed by atoms with E-state index in [0.29, 0.717) is 50.5 Å². The van der Waals surface area contributed by atoms with Crippen molar-refractivity contribution in [3.8, 4) is 0 Å². The molecule has 0 saturated carbocycles. The van der Waals surface area contributed by atoms with Gasteiger partial charge in [0.05, 0.1) is 13.1 Å². The smallest absolute Gasteiger partial charge is 0.238 e. The number of rotatable bonds is 8. The van der Waals surface area contributed by atoms with Crippen LogP contribution in [0.4, 0.5) is 14.5 Å². The SMILES string of the molecule is Cc1cc(C(=O)CN2CCN(CC(=O)Nc3ccc(F)cc3)CC2)c(C)n1Cc1ccc(F)cc1. The third-order valence-electron chi connectivity index (χ3n) is 6.46. The van der Waals surface area contributed by atoms with Crippen LogP contribution in [0.15, 0.2) is 54.6 Å². The monoisotopic (exact) mass is 480 g/mol. The van der Waals surface area contributed by atoms with Crippen LogP contribution >= 0.6 is 0 Å². The van der Waals surface area contributed by atoms with E-state index in [1.807, 2.05) is 24.8 Å². The summed E-state index contributed by atoms with van der Waals surface area (Å²) in [6.07, 6.45) is 0. The van der Waals surface area contributed by atoms with Crippen molar-refractivity contribution < 1.29 is 18.4 Å². The van der Waals surface area contributed by atoms with Crippen molar-refractivity contribution in [1.29, 1.82) is 0 Å². The first-order valence-electron chi connectivity index (χ1n) is 11.7. The van der Waals surface area contributed by atoms with E-state index < -0.39 is 0 Å². The number of Topliss-reactive ketones (excluding diaryl/α,β-unsaturated/α-hetero) is 1. The Morgan fingerprint density at radius 3 is 1.97 bits per heavy atom. The van der Waals surface area contributed by atoms with Crippen LogP contribution in [0.5, 0.6) is 0 Å². The van der Waals surface area contributed by atoms with Crippen LogP contribution in [0.25, 0.3) is 0 Å². The molecule has 1 amide bonds. The molecule has 1 aromatic heterocycles. The molecule has 4 rings (SSSR count). The summed E-state index contributed by atoms with van der Waals surface area (Å²) in [4.78, 5) is 29.5. The molecule has 3 aromatic rings. The first-order valence-corrected chi connectivity index (χ1v) is 11.7. The average molecular weight is 481 g/mol. The van der Waals surface area contributed by atoms with Crippen molar-refractivity contribution in [3.05, 3.63) is 88.7 Å². The summed E-state index contributed by atoms with van der Waals surface area (Å²) in [5.74, 6) is -0.677. The fourth-order valence-corrected chi connectivity index (χ4v) is 4.43. The van der Waals surface area contributed by atoms with Crippen LogP contribution in [0.1, 0.15) is 27.3 Å². The van der Waals surface area contributed by atoms with E-state index in [-0.39, 0.29) is 29.9 Å². The Morgan fingerprint density at radius 2 is 1.37 bits per heavy atom. The van der Waals surface area contributed by atoms with E-state index in [1.54, 1.807) is 12.1 Å². The molecule has 0 bridgehead atoms. The van der Waals surface area contributed by atoms with Gasteiger partial charge in [0.25, 0.3) is 0 Å². The van der Waals surface area contributed by atoms with Gasteiger partial charge >= 0.3 is 0 Å². The van der Waals surface area contributed by atoms with Crippen molar-refractivity contribution in [1.82, 2.24) is 14.4 Å². The van der Waals surface area contributed by atoms with Crippen LogP contribution in [-0.4, -0.2) is 65.3 Å². The highest BCUT2D eigenvalue weighted by Crippen LogP contribution is 2.19. The lowest BCUT2D eigenvalue weighted by Gasteiger charge is -2.33. The molecule has 0 aliphatic carbocycles. The Hall–Kier alpha value is -3.36. The molecule has 0 unspecified atom stereocenters. The zero-order valence-corrected chi connectivity index (χ0v) is 20.1. The number of amides is 1. The number of piperazine rings is 1. The van der Waals surface area contributed by atoms with Gasteiger partial charge in [-0.05, 0) is 61.9 Å². The zero-order valence-electron chi connectivity index (χ0n) is 20.1.